The van der Waals surface area contributed by atoms with E-state index in [1.54, 1.807) is 0 Å². The molecule has 0 aromatic heterocycles. The molecule has 3 rings (SSSR count). The molecule has 4 heteroatoms. The maximum Gasteiger partial charge on any atom is 0.258 e. The quantitative estimate of drug-likeness (QED) is 0.782. The topological polar surface area (TPSA) is 38.8 Å². The van der Waals surface area contributed by atoms with Crippen LogP contribution in [0.5, 0.6) is 11.5 Å². The van der Waals surface area contributed by atoms with Crippen LogP contribution < -0.4 is 9.47 Å². The van der Waals surface area contributed by atoms with Crippen molar-refractivity contribution in [3.8, 4) is 11.5 Å². The maximum atomic E-state index is 12.4. The van der Waals surface area contributed by atoms with E-state index in [1.165, 1.54) is 0 Å². The lowest BCUT2D eigenvalue weighted by Crippen LogP contribution is -2.38. The number of ether oxygens (including phenoxy) is 2. The lowest BCUT2D eigenvalue weighted by atomic mass is 9.97. The van der Waals surface area contributed by atoms with Crippen molar-refractivity contribution in [2.24, 2.45) is 0 Å². The number of hydrogen-bond donors (Lipinski definition) is 0. The van der Waals surface area contributed by atoms with Gasteiger partial charge >= 0.3 is 0 Å². The number of rotatable bonds is 2. The summed E-state index contributed by atoms with van der Waals surface area (Å²) in [4.78, 5) is 14.2. The van der Waals surface area contributed by atoms with E-state index >= 15 is 0 Å². The van der Waals surface area contributed by atoms with Gasteiger partial charge in [0.1, 0.15) is 0 Å². The van der Waals surface area contributed by atoms with Gasteiger partial charge in [-0.15, -0.1) is 0 Å². The monoisotopic (exact) mass is 233 g/mol. The van der Waals surface area contributed by atoms with Crippen LogP contribution in [0.1, 0.15) is 29.3 Å². The predicted molar refractivity (Wildman–Crippen MR) is 62.5 cm³/mol. The average molecular weight is 233 g/mol. The Kier molecular flexibility index (Phi) is 2.42. The number of fused-ring (bicyclic) bond motifs is 3. The molecule has 0 fully saturated rings. The third kappa shape index (κ3) is 1.55. The zero-order valence-electron chi connectivity index (χ0n) is 9.86. The molecular weight excluding hydrogens is 218 g/mol. The molecule has 0 unspecified atom stereocenters. The predicted octanol–water partition coefficient (Wildman–Crippen LogP) is 1.82. The summed E-state index contributed by atoms with van der Waals surface area (Å²) in [5.41, 5.74) is 1.78. The minimum absolute atomic E-state index is 0.0791. The van der Waals surface area contributed by atoms with Gasteiger partial charge in [-0.2, -0.15) is 0 Å². The summed E-state index contributed by atoms with van der Waals surface area (Å²) in [6, 6.07) is 3.87. The number of carbonyl (C=O) groups excluding carboxylic acids is 1. The number of amides is 1. The van der Waals surface area contributed by atoms with Crippen LogP contribution in [-0.2, 0) is 6.42 Å². The lowest BCUT2D eigenvalue weighted by molar-refractivity contribution is 0.0734. The molecule has 1 aromatic carbocycles. The Morgan fingerprint density at radius 3 is 3.06 bits per heavy atom. The highest BCUT2D eigenvalue weighted by Gasteiger charge is 2.31. The summed E-state index contributed by atoms with van der Waals surface area (Å²) in [6.45, 7) is 3.91. The fourth-order valence-corrected chi connectivity index (χ4v) is 2.45. The molecule has 0 N–H and O–H groups in total. The normalized spacial score (nSPS) is 17.2. The molecule has 0 atom stereocenters. The zero-order chi connectivity index (χ0) is 11.8. The minimum atomic E-state index is 0.0791. The van der Waals surface area contributed by atoms with E-state index < -0.39 is 0 Å². The van der Waals surface area contributed by atoms with E-state index in [-0.39, 0.29) is 12.7 Å². The highest BCUT2D eigenvalue weighted by Crippen LogP contribution is 2.39. The number of nitrogens with zero attached hydrogens (tertiary/aromatic N) is 1. The van der Waals surface area contributed by atoms with Gasteiger partial charge in [0.05, 0.1) is 5.56 Å². The number of hydrogen-bond acceptors (Lipinski definition) is 3. The largest absolute Gasteiger partial charge is 0.454 e. The Morgan fingerprint density at radius 2 is 2.24 bits per heavy atom. The van der Waals surface area contributed by atoms with Gasteiger partial charge in [-0.25, -0.2) is 0 Å². The van der Waals surface area contributed by atoms with Gasteiger partial charge in [-0.3, -0.25) is 4.79 Å². The van der Waals surface area contributed by atoms with E-state index in [0.29, 0.717) is 17.1 Å². The van der Waals surface area contributed by atoms with Crippen LogP contribution in [-0.4, -0.2) is 30.7 Å². The SMILES string of the molecule is CCCN1CCc2ccc3c(c2C1=O)OCO3. The van der Waals surface area contributed by atoms with Crippen LogP contribution in [0.2, 0.25) is 0 Å². The molecule has 17 heavy (non-hydrogen) atoms. The minimum Gasteiger partial charge on any atom is -0.454 e. The molecule has 4 nitrogen and oxygen atoms in total. The molecule has 0 aliphatic carbocycles. The Hall–Kier alpha value is -1.71. The second kappa shape index (κ2) is 3.95. The second-order valence-corrected chi connectivity index (χ2v) is 4.38. The van der Waals surface area contributed by atoms with E-state index in [2.05, 4.69) is 6.92 Å². The molecule has 90 valence electrons. The molecule has 2 aliphatic heterocycles. The van der Waals surface area contributed by atoms with Crippen molar-refractivity contribution >= 4 is 5.91 Å². The Bertz CT molecular complexity index is 470. The Labute approximate surface area is 100 Å². The first-order valence-corrected chi connectivity index (χ1v) is 6.02. The van der Waals surface area contributed by atoms with Crippen molar-refractivity contribution in [2.75, 3.05) is 19.9 Å². The van der Waals surface area contributed by atoms with Crippen molar-refractivity contribution in [3.05, 3.63) is 23.3 Å². The molecule has 1 amide bonds. The van der Waals surface area contributed by atoms with E-state index in [4.69, 9.17) is 9.47 Å². The van der Waals surface area contributed by atoms with E-state index in [0.717, 1.165) is 31.5 Å². The molecule has 0 saturated heterocycles. The van der Waals surface area contributed by atoms with E-state index in [9.17, 15) is 4.79 Å². The summed E-state index contributed by atoms with van der Waals surface area (Å²) in [7, 11) is 0. The molecule has 2 aliphatic rings. The molecule has 1 aromatic rings. The fourth-order valence-electron chi connectivity index (χ4n) is 2.45. The molecule has 0 bridgehead atoms. The first kappa shape index (κ1) is 10.4. The summed E-state index contributed by atoms with van der Waals surface area (Å²) >= 11 is 0. The van der Waals surface area contributed by atoms with Crippen molar-refractivity contribution in [1.82, 2.24) is 4.90 Å². The van der Waals surface area contributed by atoms with Crippen LogP contribution in [0, 0.1) is 0 Å². The Morgan fingerprint density at radius 1 is 1.35 bits per heavy atom. The van der Waals surface area contributed by atoms with Crippen molar-refractivity contribution < 1.29 is 14.3 Å². The van der Waals surface area contributed by atoms with E-state index in [1.807, 2.05) is 17.0 Å². The summed E-state index contributed by atoms with van der Waals surface area (Å²) < 4.78 is 10.7. The molecular formula is C13H15NO3. The van der Waals surface area contributed by atoms with Gasteiger partial charge in [-0.1, -0.05) is 13.0 Å². The Balaban J connectivity index is 2.04. The molecule has 0 radical (unpaired) electrons. The van der Waals surface area contributed by atoms with Crippen LogP contribution in [0.25, 0.3) is 0 Å². The van der Waals surface area contributed by atoms with Gasteiger partial charge in [-0.05, 0) is 24.5 Å². The summed E-state index contributed by atoms with van der Waals surface area (Å²) in [5, 5.41) is 0. The van der Waals surface area contributed by atoms with Crippen LogP contribution in [0.4, 0.5) is 0 Å². The van der Waals surface area contributed by atoms with Gasteiger partial charge < -0.3 is 14.4 Å². The fraction of sp³-hybridized carbons (Fsp3) is 0.462. The second-order valence-electron chi connectivity index (χ2n) is 4.38. The standard InChI is InChI=1S/C13H15NO3/c1-2-6-14-7-5-9-3-4-10-12(17-8-16-10)11(9)13(14)15/h3-4H,2,5-8H2,1H3. The van der Waals surface area contributed by atoms with Crippen molar-refractivity contribution in [1.29, 1.82) is 0 Å². The maximum absolute atomic E-state index is 12.4. The van der Waals surface area contributed by atoms with Crippen molar-refractivity contribution in [2.45, 2.75) is 19.8 Å². The van der Waals surface area contributed by atoms with Gasteiger partial charge in [0.2, 0.25) is 6.79 Å². The lowest BCUT2D eigenvalue weighted by Gasteiger charge is -2.28. The smallest absolute Gasteiger partial charge is 0.258 e. The molecule has 0 saturated carbocycles. The number of carbonyl (C=O) groups is 1. The van der Waals surface area contributed by atoms with Crippen LogP contribution >= 0.6 is 0 Å². The third-order valence-corrected chi connectivity index (χ3v) is 3.27. The first-order valence-electron chi connectivity index (χ1n) is 6.02. The van der Waals surface area contributed by atoms with Crippen LogP contribution in [0.3, 0.4) is 0 Å². The van der Waals surface area contributed by atoms with Gasteiger partial charge in [0.25, 0.3) is 5.91 Å². The molecule has 2 heterocycles. The molecule has 0 spiro atoms. The summed E-state index contributed by atoms with van der Waals surface area (Å²) in [5.74, 6) is 1.40. The van der Waals surface area contributed by atoms with Gasteiger partial charge in [0.15, 0.2) is 11.5 Å². The first-order chi connectivity index (χ1) is 8.31. The zero-order valence-corrected chi connectivity index (χ0v) is 9.86. The van der Waals surface area contributed by atoms with Gasteiger partial charge in [0, 0.05) is 13.1 Å². The highest BCUT2D eigenvalue weighted by atomic mass is 16.7. The number of benzene rings is 1. The highest BCUT2D eigenvalue weighted by molar-refractivity contribution is 6.00. The summed E-state index contributed by atoms with van der Waals surface area (Å²) in [6.07, 6.45) is 1.88. The third-order valence-electron chi connectivity index (χ3n) is 3.27. The average Bonchev–Trinajstić information content (AvgIpc) is 2.80. The van der Waals surface area contributed by atoms with Crippen molar-refractivity contribution in [3.63, 3.8) is 0 Å². The van der Waals surface area contributed by atoms with Crippen LogP contribution in [0.15, 0.2) is 12.1 Å².